The molecule has 1 aromatic rings. The molecule has 0 amide bonds. The highest BCUT2D eigenvalue weighted by molar-refractivity contribution is 5.32. The summed E-state index contributed by atoms with van der Waals surface area (Å²) in [6.45, 7) is 5.30. The van der Waals surface area contributed by atoms with Crippen molar-refractivity contribution in [3.63, 3.8) is 0 Å². The maximum Gasteiger partial charge on any atom is 0.168 e. The van der Waals surface area contributed by atoms with Crippen molar-refractivity contribution in [2.75, 3.05) is 13.7 Å². The maximum atomic E-state index is 14.3. The first kappa shape index (κ1) is 15.3. The molecule has 0 unspecified atom stereocenters. The number of benzene rings is 1. The van der Waals surface area contributed by atoms with Crippen LogP contribution in [0.15, 0.2) is 18.2 Å². The van der Waals surface area contributed by atoms with Gasteiger partial charge in [0.15, 0.2) is 11.6 Å². The van der Waals surface area contributed by atoms with Gasteiger partial charge in [0.2, 0.25) is 0 Å². The van der Waals surface area contributed by atoms with Crippen molar-refractivity contribution in [1.82, 2.24) is 5.32 Å². The van der Waals surface area contributed by atoms with E-state index in [1.807, 2.05) is 12.1 Å². The first-order chi connectivity index (χ1) is 9.56. The molecule has 1 aliphatic carbocycles. The number of nitrogens with one attached hydrogen (secondary N) is 1. The molecule has 1 saturated carbocycles. The summed E-state index contributed by atoms with van der Waals surface area (Å²) >= 11 is 0. The minimum Gasteiger partial charge on any atom is -0.494 e. The smallest absolute Gasteiger partial charge is 0.168 e. The predicted octanol–water partition coefficient (Wildman–Crippen LogP) is 3.94. The summed E-state index contributed by atoms with van der Waals surface area (Å²) < 4.78 is 19.4. The molecule has 1 N–H and O–H groups in total. The molecule has 112 valence electrons. The Labute approximate surface area is 121 Å². The Hall–Kier alpha value is -1.09. The largest absolute Gasteiger partial charge is 0.494 e. The molecule has 0 heterocycles. The Kier molecular flexibility index (Phi) is 5.03. The van der Waals surface area contributed by atoms with Gasteiger partial charge in [-0.15, -0.1) is 0 Å². The number of halogens is 1. The van der Waals surface area contributed by atoms with Gasteiger partial charge < -0.3 is 10.1 Å². The molecule has 0 aliphatic heterocycles. The van der Waals surface area contributed by atoms with Crippen molar-refractivity contribution in [2.24, 2.45) is 5.41 Å². The second kappa shape index (κ2) is 6.57. The van der Waals surface area contributed by atoms with Crippen molar-refractivity contribution < 1.29 is 9.13 Å². The summed E-state index contributed by atoms with van der Waals surface area (Å²) in [5, 5.41) is 3.54. The molecule has 0 spiro atoms. The van der Waals surface area contributed by atoms with Gasteiger partial charge >= 0.3 is 0 Å². The molecule has 1 aliphatic rings. The second-order valence-electron chi connectivity index (χ2n) is 6.35. The van der Waals surface area contributed by atoms with Gasteiger partial charge in [-0.1, -0.05) is 38.8 Å². The Morgan fingerprint density at radius 2 is 2.00 bits per heavy atom. The van der Waals surface area contributed by atoms with Crippen LogP contribution in [-0.4, -0.2) is 19.7 Å². The van der Waals surface area contributed by atoms with Crippen molar-refractivity contribution >= 4 is 0 Å². The van der Waals surface area contributed by atoms with E-state index in [4.69, 9.17) is 4.74 Å². The zero-order valence-electron chi connectivity index (χ0n) is 12.8. The lowest BCUT2D eigenvalue weighted by Crippen LogP contribution is -2.37. The second-order valence-corrected chi connectivity index (χ2v) is 6.35. The Morgan fingerprint density at radius 1 is 1.30 bits per heavy atom. The molecule has 0 atom stereocenters. The van der Waals surface area contributed by atoms with Crippen LogP contribution in [0, 0.1) is 11.2 Å². The standard InChI is InChI=1S/C17H26FNO/c1-13(2)19-12-17(9-4-5-10-17)11-14-7-6-8-15(20-3)16(14)18/h6-8,13,19H,4-5,9-12H2,1-3H3. The number of methoxy groups -OCH3 is 1. The van der Waals surface area contributed by atoms with E-state index >= 15 is 0 Å². The van der Waals surface area contributed by atoms with Crippen LogP contribution < -0.4 is 10.1 Å². The van der Waals surface area contributed by atoms with Crippen molar-refractivity contribution in [3.8, 4) is 5.75 Å². The third kappa shape index (κ3) is 3.51. The topological polar surface area (TPSA) is 21.3 Å². The SMILES string of the molecule is COc1cccc(CC2(CNC(C)C)CCCC2)c1F. The number of hydrogen-bond donors (Lipinski definition) is 1. The molecule has 20 heavy (non-hydrogen) atoms. The number of hydrogen-bond acceptors (Lipinski definition) is 2. The van der Waals surface area contributed by atoms with Crippen LogP contribution in [0.5, 0.6) is 5.75 Å². The van der Waals surface area contributed by atoms with Gasteiger partial charge in [-0.3, -0.25) is 0 Å². The minimum atomic E-state index is -0.189. The van der Waals surface area contributed by atoms with Crippen LogP contribution in [0.1, 0.15) is 45.1 Å². The van der Waals surface area contributed by atoms with E-state index < -0.39 is 0 Å². The van der Waals surface area contributed by atoms with Crippen LogP contribution in [0.4, 0.5) is 4.39 Å². The maximum absolute atomic E-state index is 14.3. The van der Waals surface area contributed by atoms with Crippen LogP contribution in [0.25, 0.3) is 0 Å². The average Bonchev–Trinajstić information content (AvgIpc) is 2.88. The molecule has 0 radical (unpaired) electrons. The van der Waals surface area contributed by atoms with E-state index in [1.165, 1.54) is 32.8 Å². The number of rotatable bonds is 6. The fourth-order valence-corrected chi connectivity index (χ4v) is 3.22. The van der Waals surface area contributed by atoms with Crippen molar-refractivity contribution in [3.05, 3.63) is 29.6 Å². The molecule has 2 nitrogen and oxygen atoms in total. The third-order valence-corrected chi connectivity index (χ3v) is 4.38. The van der Waals surface area contributed by atoms with E-state index in [0.29, 0.717) is 11.8 Å². The normalized spacial score (nSPS) is 17.6. The quantitative estimate of drug-likeness (QED) is 0.851. The van der Waals surface area contributed by atoms with E-state index in [1.54, 1.807) is 6.07 Å². The van der Waals surface area contributed by atoms with Crippen molar-refractivity contribution in [1.29, 1.82) is 0 Å². The Balaban J connectivity index is 2.16. The van der Waals surface area contributed by atoms with Crippen molar-refractivity contribution in [2.45, 2.75) is 52.0 Å². The Bertz CT molecular complexity index is 439. The summed E-state index contributed by atoms with van der Waals surface area (Å²) in [4.78, 5) is 0. The zero-order chi connectivity index (χ0) is 14.6. The summed E-state index contributed by atoms with van der Waals surface area (Å²) in [6, 6.07) is 5.94. The highest BCUT2D eigenvalue weighted by Gasteiger charge is 2.34. The lowest BCUT2D eigenvalue weighted by Gasteiger charge is -2.31. The monoisotopic (exact) mass is 279 g/mol. The molecule has 3 heteroatoms. The van der Waals surface area contributed by atoms with E-state index in [-0.39, 0.29) is 11.2 Å². The predicted molar refractivity (Wildman–Crippen MR) is 80.7 cm³/mol. The minimum absolute atomic E-state index is 0.189. The Morgan fingerprint density at radius 3 is 2.60 bits per heavy atom. The summed E-state index contributed by atoms with van der Waals surface area (Å²) in [7, 11) is 1.52. The van der Waals surface area contributed by atoms with Gasteiger partial charge in [0, 0.05) is 12.6 Å². The van der Waals surface area contributed by atoms with Gasteiger partial charge in [0.25, 0.3) is 0 Å². The molecule has 0 bridgehead atoms. The fourth-order valence-electron chi connectivity index (χ4n) is 3.22. The molecular formula is C17H26FNO. The molecule has 2 rings (SSSR count). The average molecular weight is 279 g/mol. The first-order valence-electron chi connectivity index (χ1n) is 7.61. The lowest BCUT2D eigenvalue weighted by atomic mass is 9.79. The lowest BCUT2D eigenvalue weighted by molar-refractivity contribution is 0.264. The van der Waals surface area contributed by atoms with Crippen LogP contribution in [0.2, 0.25) is 0 Å². The van der Waals surface area contributed by atoms with E-state index in [2.05, 4.69) is 19.2 Å². The van der Waals surface area contributed by atoms with Gasteiger partial charge in [-0.25, -0.2) is 4.39 Å². The van der Waals surface area contributed by atoms with Gasteiger partial charge in [-0.2, -0.15) is 0 Å². The zero-order valence-corrected chi connectivity index (χ0v) is 12.8. The molecule has 1 fully saturated rings. The fraction of sp³-hybridized carbons (Fsp3) is 0.647. The summed E-state index contributed by atoms with van der Waals surface area (Å²) in [6.07, 6.45) is 5.68. The highest BCUT2D eigenvalue weighted by atomic mass is 19.1. The van der Waals surface area contributed by atoms with Gasteiger partial charge in [0.1, 0.15) is 0 Å². The summed E-state index contributed by atoms with van der Waals surface area (Å²) in [5.41, 5.74) is 0.995. The first-order valence-corrected chi connectivity index (χ1v) is 7.61. The molecule has 0 saturated heterocycles. The molecule has 0 aromatic heterocycles. The van der Waals surface area contributed by atoms with Crippen LogP contribution >= 0.6 is 0 Å². The summed E-state index contributed by atoms with van der Waals surface area (Å²) in [5.74, 6) is 0.165. The van der Waals surface area contributed by atoms with E-state index in [0.717, 1.165) is 18.5 Å². The molecular weight excluding hydrogens is 253 g/mol. The third-order valence-electron chi connectivity index (χ3n) is 4.38. The highest BCUT2D eigenvalue weighted by Crippen LogP contribution is 2.41. The van der Waals surface area contributed by atoms with Crippen LogP contribution in [0.3, 0.4) is 0 Å². The van der Waals surface area contributed by atoms with Gasteiger partial charge in [0.05, 0.1) is 7.11 Å². The van der Waals surface area contributed by atoms with Gasteiger partial charge in [-0.05, 0) is 36.3 Å². The van der Waals surface area contributed by atoms with Crippen LogP contribution in [-0.2, 0) is 6.42 Å². The van der Waals surface area contributed by atoms with E-state index in [9.17, 15) is 4.39 Å². The number of ether oxygens (including phenoxy) is 1. The molecule has 1 aromatic carbocycles.